The molecule has 0 aromatic rings. The van der Waals surface area contributed by atoms with Crippen LogP contribution in [0.1, 0.15) is 52.4 Å². The van der Waals surface area contributed by atoms with Crippen molar-refractivity contribution in [1.29, 1.82) is 0 Å². The van der Waals surface area contributed by atoms with Crippen molar-refractivity contribution in [2.45, 2.75) is 64.5 Å². The largest absolute Gasteiger partial charge is 0.480 e. The van der Waals surface area contributed by atoms with E-state index in [4.69, 9.17) is 5.11 Å². The van der Waals surface area contributed by atoms with Gasteiger partial charge < -0.3 is 10.4 Å². The summed E-state index contributed by atoms with van der Waals surface area (Å²) < 4.78 is 0. The third-order valence-corrected chi connectivity index (χ3v) is 3.73. The van der Waals surface area contributed by atoms with Crippen LogP contribution < -0.4 is 5.32 Å². The zero-order valence-electron chi connectivity index (χ0n) is 12.4. The molecule has 0 aromatic heterocycles. The van der Waals surface area contributed by atoms with Crippen LogP contribution in [0.5, 0.6) is 0 Å². The second-order valence-electron chi connectivity index (χ2n) is 5.38. The predicted molar refractivity (Wildman–Crippen MR) is 81.2 cm³/mol. The molecule has 118 valence electrons. The highest BCUT2D eigenvalue weighted by Gasteiger charge is 2.25. The minimum Gasteiger partial charge on any atom is -0.480 e. The van der Waals surface area contributed by atoms with Gasteiger partial charge in [-0.3, -0.25) is 14.5 Å². The molecule has 1 amide bonds. The number of rotatable bonds is 7. The Balaban J connectivity index is 0.00000361. The van der Waals surface area contributed by atoms with E-state index in [9.17, 15) is 9.59 Å². The number of carbonyl (C=O) groups excluding carboxylic acids is 1. The molecule has 1 aliphatic carbocycles. The van der Waals surface area contributed by atoms with Crippen LogP contribution in [-0.4, -0.2) is 47.1 Å². The van der Waals surface area contributed by atoms with Gasteiger partial charge in [0.2, 0.25) is 5.91 Å². The van der Waals surface area contributed by atoms with Gasteiger partial charge in [0, 0.05) is 6.04 Å². The van der Waals surface area contributed by atoms with Crippen molar-refractivity contribution in [2.24, 2.45) is 0 Å². The molecule has 1 aliphatic rings. The molecule has 1 saturated carbocycles. The second-order valence-corrected chi connectivity index (χ2v) is 5.38. The van der Waals surface area contributed by atoms with E-state index in [1.165, 1.54) is 19.3 Å². The van der Waals surface area contributed by atoms with E-state index >= 15 is 0 Å². The van der Waals surface area contributed by atoms with E-state index in [1.54, 1.807) is 11.8 Å². The number of nitrogens with one attached hydrogen (secondary N) is 1. The van der Waals surface area contributed by atoms with Crippen molar-refractivity contribution < 1.29 is 14.7 Å². The monoisotopic (exact) mass is 306 g/mol. The van der Waals surface area contributed by atoms with Crippen LogP contribution in [0.25, 0.3) is 0 Å². The molecule has 6 heteroatoms. The number of carboxylic acid groups (broad SMARTS) is 1. The lowest BCUT2D eigenvalue weighted by atomic mass is 9.95. The number of hydrogen-bond donors (Lipinski definition) is 2. The van der Waals surface area contributed by atoms with Crippen LogP contribution in [0.2, 0.25) is 0 Å². The van der Waals surface area contributed by atoms with E-state index < -0.39 is 5.97 Å². The van der Waals surface area contributed by atoms with Crippen molar-refractivity contribution >= 4 is 24.3 Å². The average molecular weight is 307 g/mol. The summed E-state index contributed by atoms with van der Waals surface area (Å²) in [4.78, 5) is 24.7. The minimum absolute atomic E-state index is 0. The smallest absolute Gasteiger partial charge is 0.317 e. The molecular weight excluding hydrogens is 280 g/mol. The molecule has 1 unspecified atom stereocenters. The zero-order valence-corrected chi connectivity index (χ0v) is 13.2. The summed E-state index contributed by atoms with van der Waals surface area (Å²) in [5.74, 6) is -0.924. The molecule has 0 spiro atoms. The normalized spacial score (nSPS) is 17.4. The summed E-state index contributed by atoms with van der Waals surface area (Å²) in [6.07, 6.45) is 6.54. The molecule has 0 bridgehead atoms. The first kappa shape index (κ1) is 19.2. The number of carboxylic acids is 1. The van der Waals surface area contributed by atoms with Crippen molar-refractivity contribution in [3.63, 3.8) is 0 Å². The van der Waals surface area contributed by atoms with Gasteiger partial charge in [0.25, 0.3) is 0 Å². The Morgan fingerprint density at radius 2 is 1.90 bits per heavy atom. The predicted octanol–water partition coefficient (Wildman–Crippen LogP) is 2.04. The average Bonchev–Trinajstić information content (AvgIpc) is 2.38. The first-order valence-electron chi connectivity index (χ1n) is 7.30. The molecular formula is C14H27ClN2O3. The number of carbonyl (C=O) groups is 2. The molecule has 1 fully saturated rings. The molecule has 0 heterocycles. The van der Waals surface area contributed by atoms with Gasteiger partial charge in [0.05, 0.1) is 12.6 Å². The Hall–Kier alpha value is -0.810. The van der Waals surface area contributed by atoms with Gasteiger partial charge in [-0.1, -0.05) is 26.2 Å². The molecule has 5 nitrogen and oxygen atoms in total. The van der Waals surface area contributed by atoms with Crippen molar-refractivity contribution in [3.05, 3.63) is 0 Å². The Kier molecular flexibility index (Phi) is 9.59. The molecule has 0 radical (unpaired) electrons. The fourth-order valence-corrected chi connectivity index (χ4v) is 2.61. The maximum absolute atomic E-state index is 12.2. The summed E-state index contributed by atoms with van der Waals surface area (Å²) in [7, 11) is 0. The summed E-state index contributed by atoms with van der Waals surface area (Å²) >= 11 is 0. The van der Waals surface area contributed by atoms with Gasteiger partial charge in [-0.25, -0.2) is 0 Å². The van der Waals surface area contributed by atoms with Gasteiger partial charge in [-0.2, -0.15) is 0 Å². The van der Waals surface area contributed by atoms with Crippen LogP contribution in [0, 0.1) is 0 Å². The van der Waals surface area contributed by atoms with Gasteiger partial charge >= 0.3 is 5.97 Å². The SMILES string of the molecule is CCCN(CC(=O)O)C(C)C(=O)NC1CCCCC1.Cl. The summed E-state index contributed by atoms with van der Waals surface area (Å²) in [6.45, 7) is 4.33. The molecule has 1 rings (SSSR count). The highest BCUT2D eigenvalue weighted by atomic mass is 35.5. The third kappa shape index (κ3) is 6.57. The summed E-state index contributed by atoms with van der Waals surface area (Å²) in [5, 5.41) is 11.9. The van der Waals surface area contributed by atoms with Crippen LogP contribution in [0.3, 0.4) is 0 Å². The lowest BCUT2D eigenvalue weighted by Crippen LogP contribution is -2.50. The maximum Gasteiger partial charge on any atom is 0.317 e. The van der Waals surface area contributed by atoms with Gasteiger partial charge in [-0.15, -0.1) is 12.4 Å². The Morgan fingerprint density at radius 3 is 2.40 bits per heavy atom. The molecule has 1 atom stereocenters. The molecule has 20 heavy (non-hydrogen) atoms. The molecule has 0 aromatic carbocycles. The van der Waals surface area contributed by atoms with E-state index in [-0.39, 0.29) is 36.9 Å². The standard InChI is InChI=1S/C14H26N2O3.ClH/c1-3-9-16(10-13(17)18)11(2)14(19)15-12-7-5-4-6-8-12;/h11-12H,3-10H2,1-2H3,(H,15,19)(H,17,18);1H. The fourth-order valence-electron chi connectivity index (χ4n) is 2.61. The molecule has 2 N–H and O–H groups in total. The third-order valence-electron chi connectivity index (χ3n) is 3.73. The van der Waals surface area contributed by atoms with E-state index in [0.717, 1.165) is 19.3 Å². The minimum atomic E-state index is -0.884. The van der Waals surface area contributed by atoms with Crippen molar-refractivity contribution in [3.8, 4) is 0 Å². The van der Waals surface area contributed by atoms with Gasteiger partial charge in [0.15, 0.2) is 0 Å². The molecule has 0 aliphatic heterocycles. The Labute approximate surface area is 127 Å². The number of halogens is 1. The first-order valence-corrected chi connectivity index (χ1v) is 7.30. The van der Waals surface area contributed by atoms with Crippen LogP contribution in [-0.2, 0) is 9.59 Å². The summed E-state index contributed by atoms with van der Waals surface area (Å²) in [5.41, 5.74) is 0. The van der Waals surface area contributed by atoms with Crippen LogP contribution in [0.15, 0.2) is 0 Å². The maximum atomic E-state index is 12.2. The van der Waals surface area contributed by atoms with Crippen molar-refractivity contribution in [1.82, 2.24) is 10.2 Å². The zero-order chi connectivity index (χ0) is 14.3. The van der Waals surface area contributed by atoms with Crippen molar-refractivity contribution in [2.75, 3.05) is 13.1 Å². The fraction of sp³-hybridized carbons (Fsp3) is 0.857. The quantitative estimate of drug-likeness (QED) is 0.755. The van der Waals surface area contributed by atoms with Gasteiger partial charge in [-0.05, 0) is 32.7 Å². The van der Waals surface area contributed by atoms with E-state index in [2.05, 4.69) is 5.32 Å². The number of amides is 1. The molecule has 0 saturated heterocycles. The van der Waals surface area contributed by atoms with E-state index in [1.807, 2.05) is 6.92 Å². The second kappa shape index (κ2) is 10.00. The topological polar surface area (TPSA) is 69.6 Å². The highest BCUT2D eigenvalue weighted by molar-refractivity contribution is 5.85. The summed E-state index contributed by atoms with van der Waals surface area (Å²) in [6, 6.07) is -0.102. The first-order chi connectivity index (χ1) is 9.04. The number of aliphatic carboxylic acids is 1. The van der Waals surface area contributed by atoms with Crippen LogP contribution in [0.4, 0.5) is 0 Å². The van der Waals surface area contributed by atoms with Gasteiger partial charge in [0.1, 0.15) is 0 Å². The Morgan fingerprint density at radius 1 is 1.30 bits per heavy atom. The lowest BCUT2D eigenvalue weighted by molar-refractivity contribution is -0.140. The lowest BCUT2D eigenvalue weighted by Gasteiger charge is -2.29. The van der Waals surface area contributed by atoms with Crippen LogP contribution >= 0.6 is 12.4 Å². The number of hydrogen-bond acceptors (Lipinski definition) is 3. The number of nitrogens with zero attached hydrogens (tertiary/aromatic N) is 1. The highest BCUT2D eigenvalue weighted by Crippen LogP contribution is 2.17. The van der Waals surface area contributed by atoms with E-state index in [0.29, 0.717) is 6.54 Å². The Bertz CT molecular complexity index is 307.